The van der Waals surface area contributed by atoms with Crippen molar-refractivity contribution in [3.8, 4) is 0 Å². The zero-order valence-electron chi connectivity index (χ0n) is 10.9. The largest absolute Gasteiger partial charge is 0.480 e. The van der Waals surface area contributed by atoms with Crippen LogP contribution in [-0.2, 0) is 9.53 Å². The molecule has 0 spiro atoms. The van der Waals surface area contributed by atoms with E-state index in [1.807, 2.05) is 0 Å². The highest BCUT2D eigenvalue weighted by Gasteiger charge is 2.21. The van der Waals surface area contributed by atoms with Gasteiger partial charge in [-0.2, -0.15) is 0 Å². The van der Waals surface area contributed by atoms with Gasteiger partial charge in [-0.05, 0) is 47.0 Å². The molecule has 0 aliphatic rings. The Morgan fingerprint density at radius 1 is 1.50 bits per heavy atom. The van der Waals surface area contributed by atoms with E-state index in [9.17, 15) is 9.59 Å². The number of carbonyl (C=O) groups excluding carboxylic acids is 1. The highest BCUT2D eigenvalue weighted by molar-refractivity contribution is 9.10. The maximum atomic E-state index is 12.1. The van der Waals surface area contributed by atoms with Crippen LogP contribution in [0.5, 0.6) is 0 Å². The fourth-order valence-electron chi connectivity index (χ4n) is 1.60. The molecule has 0 aliphatic heterocycles. The molecule has 0 aromatic heterocycles. The van der Waals surface area contributed by atoms with Gasteiger partial charge >= 0.3 is 5.97 Å². The Morgan fingerprint density at radius 2 is 2.20 bits per heavy atom. The van der Waals surface area contributed by atoms with Crippen molar-refractivity contribution in [3.63, 3.8) is 0 Å². The Labute approximate surface area is 130 Å². The van der Waals surface area contributed by atoms with E-state index in [0.717, 1.165) is 0 Å². The van der Waals surface area contributed by atoms with E-state index >= 15 is 0 Å². The van der Waals surface area contributed by atoms with Crippen LogP contribution >= 0.6 is 27.5 Å². The third-order valence-electron chi connectivity index (χ3n) is 2.62. The number of halogens is 2. The Balaban J connectivity index is 2.75. The van der Waals surface area contributed by atoms with Crippen molar-refractivity contribution in [3.05, 3.63) is 33.3 Å². The van der Waals surface area contributed by atoms with E-state index in [4.69, 9.17) is 21.4 Å². The van der Waals surface area contributed by atoms with Crippen LogP contribution in [-0.4, -0.2) is 36.7 Å². The molecule has 0 fully saturated rings. The molecule has 20 heavy (non-hydrogen) atoms. The van der Waals surface area contributed by atoms with Crippen LogP contribution in [0.2, 0.25) is 5.02 Å². The molecular formula is C13H15BrClNO4. The predicted octanol–water partition coefficient (Wildman–Crippen LogP) is 2.71. The predicted molar refractivity (Wildman–Crippen MR) is 79.2 cm³/mol. The van der Waals surface area contributed by atoms with E-state index in [1.54, 1.807) is 12.1 Å². The van der Waals surface area contributed by atoms with Crippen molar-refractivity contribution in [1.29, 1.82) is 0 Å². The second kappa shape index (κ2) is 8.24. The molecule has 0 bridgehead atoms. The quantitative estimate of drug-likeness (QED) is 0.730. The summed E-state index contributed by atoms with van der Waals surface area (Å²) in [4.78, 5) is 23.2. The number of nitrogens with one attached hydrogen (secondary N) is 1. The monoisotopic (exact) mass is 363 g/mol. The number of carboxylic acids is 1. The average molecular weight is 365 g/mol. The Morgan fingerprint density at radius 3 is 2.80 bits per heavy atom. The third kappa shape index (κ3) is 5.11. The summed E-state index contributed by atoms with van der Waals surface area (Å²) in [5.74, 6) is -1.56. The van der Waals surface area contributed by atoms with Gasteiger partial charge in [0.15, 0.2) is 0 Å². The lowest BCUT2D eigenvalue weighted by Gasteiger charge is -2.15. The lowest BCUT2D eigenvalue weighted by Crippen LogP contribution is -2.41. The zero-order chi connectivity index (χ0) is 15.1. The Kier molecular flexibility index (Phi) is 6.98. The molecule has 7 heteroatoms. The molecule has 1 unspecified atom stereocenters. The molecule has 0 heterocycles. The fourth-order valence-corrected chi connectivity index (χ4v) is 2.20. The first-order valence-electron chi connectivity index (χ1n) is 5.93. The first kappa shape index (κ1) is 16.9. The minimum Gasteiger partial charge on any atom is -0.480 e. The molecule has 5 nitrogen and oxygen atoms in total. The van der Waals surface area contributed by atoms with Crippen molar-refractivity contribution >= 4 is 39.4 Å². The van der Waals surface area contributed by atoms with E-state index in [-0.39, 0.29) is 0 Å². The van der Waals surface area contributed by atoms with E-state index in [0.29, 0.717) is 34.5 Å². The minimum atomic E-state index is -1.08. The van der Waals surface area contributed by atoms with Gasteiger partial charge in [-0.1, -0.05) is 11.6 Å². The summed E-state index contributed by atoms with van der Waals surface area (Å²) in [6.07, 6.45) is 0.845. The topological polar surface area (TPSA) is 75.6 Å². The number of hydrogen-bond acceptors (Lipinski definition) is 3. The van der Waals surface area contributed by atoms with Gasteiger partial charge in [0.05, 0.1) is 5.56 Å². The van der Waals surface area contributed by atoms with Gasteiger partial charge in [-0.25, -0.2) is 4.79 Å². The molecule has 2 N–H and O–H groups in total. The highest BCUT2D eigenvalue weighted by Crippen LogP contribution is 2.21. The highest BCUT2D eigenvalue weighted by atomic mass is 79.9. The first-order chi connectivity index (χ1) is 9.45. The SMILES string of the molecule is COCCCC(NC(=O)c1cc(Cl)ccc1Br)C(=O)O. The number of amides is 1. The smallest absolute Gasteiger partial charge is 0.326 e. The van der Waals surface area contributed by atoms with Crippen LogP contribution in [0.4, 0.5) is 0 Å². The van der Waals surface area contributed by atoms with E-state index < -0.39 is 17.9 Å². The summed E-state index contributed by atoms with van der Waals surface area (Å²) in [5, 5.41) is 12.0. The second-order valence-electron chi connectivity index (χ2n) is 4.12. The maximum Gasteiger partial charge on any atom is 0.326 e. The molecule has 0 aliphatic carbocycles. The summed E-state index contributed by atoms with van der Waals surface area (Å²) in [6.45, 7) is 0.445. The standard InChI is InChI=1S/C13H15BrClNO4/c1-20-6-2-3-11(13(18)19)16-12(17)9-7-8(15)4-5-10(9)14/h4-5,7,11H,2-3,6H2,1H3,(H,16,17)(H,18,19). The number of ether oxygens (including phenoxy) is 1. The van der Waals surface area contributed by atoms with Gasteiger partial charge in [-0.15, -0.1) is 0 Å². The van der Waals surface area contributed by atoms with Crippen LogP contribution in [0.15, 0.2) is 22.7 Å². The van der Waals surface area contributed by atoms with Crippen LogP contribution in [0.25, 0.3) is 0 Å². The molecule has 0 saturated carbocycles. The fraction of sp³-hybridized carbons (Fsp3) is 0.385. The summed E-state index contributed by atoms with van der Waals surface area (Å²) in [6, 6.07) is 3.80. The normalized spacial score (nSPS) is 11.9. The molecule has 1 aromatic carbocycles. The van der Waals surface area contributed by atoms with Gasteiger partial charge in [0, 0.05) is 23.2 Å². The van der Waals surface area contributed by atoms with Crippen molar-refractivity contribution < 1.29 is 19.4 Å². The van der Waals surface area contributed by atoms with Crippen molar-refractivity contribution in [1.82, 2.24) is 5.32 Å². The molecule has 0 saturated heterocycles. The minimum absolute atomic E-state index is 0.299. The number of methoxy groups -OCH3 is 1. The van der Waals surface area contributed by atoms with Gasteiger partial charge in [0.25, 0.3) is 5.91 Å². The number of aliphatic carboxylic acids is 1. The maximum absolute atomic E-state index is 12.1. The van der Waals surface area contributed by atoms with Crippen molar-refractivity contribution in [2.75, 3.05) is 13.7 Å². The molecule has 0 radical (unpaired) electrons. The van der Waals surface area contributed by atoms with Crippen LogP contribution < -0.4 is 5.32 Å². The van der Waals surface area contributed by atoms with Crippen LogP contribution in [0.3, 0.4) is 0 Å². The van der Waals surface area contributed by atoms with Crippen LogP contribution in [0.1, 0.15) is 23.2 Å². The second-order valence-corrected chi connectivity index (χ2v) is 5.41. The van der Waals surface area contributed by atoms with E-state index in [2.05, 4.69) is 21.2 Å². The summed E-state index contributed by atoms with van der Waals surface area (Å²) in [7, 11) is 1.54. The van der Waals surface area contributed by atoms with Crippen molar-refractivity contribution in [2.45, 2.75) is 18.9 Å². The Bertz CT molecular complexity index is 495. The number of hydrogen-bond donors (Lipinski definition) is 2. The van der Waals surface area contributed by atoms with Gasteiger partial charge in [0.2, 0.25) is 0 Å². The summed E-state index contributed by atoms with van der Waals surface area (Å²) < 4.78 is 5.42. The third-order valence-corrected chi connectivity index (χ3v) is 3.54. The van der Waals surface area contributed by atoms with E-state index in [1.165, 1.54) is 13.2 Å². The lowest BCUT2D eigenvalue weighted by molar-refractivity contribution is -0.139. The van der Waals surface area contributed by atoms with Crippen LogP contribution in [0, 0.1) is 0 Å². The van der Waals surface area contributed by atoms with Gasteiger partial charge in [-0.3, -0.25) is 4.79 Å². The molecule has 1 rings (SSSR count). The van der Waals surface area contributed by atoms with Gasteiger partial charge < -0.3 is 15.2 Å². The summed E-state index contributed by atoms with van der Waals surface area (Å²) >= 11 is 9.06. The number of carbonyl (C=O) groups is 2. The molecule has 1 aromatic rings. The number of benzene rings is 1. The number of rotatable bonds is 7. The summed E-state index contributed by atoms with van der Waals surface area (Å²) in [5.41, 5.74) is 0.301. The molecule has 1 atom stereocenters. The Hall–Kier alpha value is -1.11. The first-order valence-corrected chi connectivity index (χ1v) is 7.10. The molecule has 110 valence electrons. The van der Waals surface area contributed by atoms with Gasteiger partial charge in [0.1, 0.15) is 6.04 Å². The van der Waals surface area contributed by atoms with Crippen molar-refractivity contribution in [2.24, 2.45) is 0 Å². The zero-order valence-corrected chi connectivity index (χ0v) is 13.2. The average Bonchev–Trinajstić information content (AvgIpc) is 2.40. The lowest BCUT2D eigenvalue weighted by atomic mass is 10.1. The number of carboxylic acid groups (broad SMARTS) is 1. The molecule has 1 amide bonds. The molecular weight excluding hydrogens is 350 g/mol.